The Bertz CT molecular complexity index is 346. The van der Waals surface area contributed by atoms with Crippen molar-refractivity contribution in [3.05, 3.63) is 24.4 Å². The van der Waals surface area contributed by atoms with Crippen molar-refractivity contribution in [2.24, 2.45) is 0 Å². The minimum atomic E-state index is -0.716. The van der Waals surface area contributed by atoms with Crippen LogP contribution in [-0.2, 0) is 11.8 Å². The van der Waals surface area contributed by atoms with Gasteiger partial charge in [-0.2, -0.15) is 10.2 Å². The first-order chi connectivity index (χ1) is 6.10. The minimum absolute atomic E-state index is 0.354. The molecule has 0 fully saturated rings. The summed E-state index contributed by atoms with van der Waals surface area (Å²) in [5.41, 5.74) is -0.716. The quantitative estimate of drug-likeness (QED) is 0.658. The lowest BCUT2D eigenvalue weighted by molar-refractivity contribution is 0.337. The largest absolute Gasteiger partial charge is 0.338 e. The van der Waals surface area contributed by atoms with Crippen LogP contribution in [-0.4, -0.2) is 10.1 Å². The summed E-state index contributed by atoms with van der Waals surface area (Å²) >= 11 is 0. The van der Waals surface area contributed by atoms with Crippen LogP contribution in [0.1, 0.15) is 25.6 Å². The van der Waals surface area contributed by atoms with Crippen LogP contribution in [0.25, 0.3) is 0 Å². The first kappa shape index (κ1) is 9.46. The molecule has 1 aromatic heterocycles. The highest BCUT2D eigenvalue weighted by atomic mass is 16.5. The second-order valence-electron chi connectivity index (χ2n) is 3.25. The van der Waals surface area contributed by atoms with E-state index >= 15 is 0 Å². The molecule has 0 saturated heterocycles. The Morgan fingerprint density at radius 2 is 2.38 bits per heavy atom. The van der Waals surface area contributed by atoms with E-state index in [4.69, 9.17) is 9.78 Å². The van der Waals surface area contributed by atoms with E-state index in [-0.39, 0.29) is 0 Å². The number of nitrogens with zero attached hydrogens (tertiary/aromatic N) is 3. The molecular formula is C9H11N3O. The van der Waals surface area contributed by atoms with E-state index in [1.54, 1.807) is 19.9 Å². The Kier molecular flexibility index (Phi) is 2.47. The molecule has 0 aliphatic rings. The monoisotopic (exact) mass is 177 g/mol. The van der Waals surface area contributed by atoms with Gasteiger partial charge in [0.15, 0.2) is 5.82 Å². The van der Waals surface area contributed by atoms with E-state index in [1.807, 2.05) is 0 Å². The lowest BCUT2D eigenvalue weighted by atomic mass is 9.96. The Morgan fingerprint density at radius 1 is 1.69 bits per heavy atom. The summed E-state index contributed by atoms with van der Waals surface area (Å²) in [6.45, 7) is 7.03. The zero-order valence-corrected chi connectivity index (χ0v) is 7.74. The highest BCUT2D eigenvalue weighted by Gasteiger charge is 2.26. The first-order valence-corrected chi connectivity index (χ1v) is 3.95. The molecule has 13 heavy (non-hydrogen) atoms. The van der Waals surface area contributed by atoms with Crippen LogP contribution in [0.3, 0.4) is 0 Å². The zero-order chi connectivity index (χ0) is 9.90. The maximum atomic E-state index is 8.79. The molecule has 1 heterocycles. The topological polar surface area (TPSA) is 62.7 Å². The van der Waals surface area contributed by atoms with Gasteiger partial charge in [-0.1, -0.05) is 11.2 Å². The van der Waals surface area contributed by atoms with Crippen molar-refractivity contribution in [3.8, 4) is 6.07 Å². The summed E-state index contributed by atoms with van der Waals surface area (Å²) in [6.07, 6.45) is 2.25. The fraction of sp³-hybridized carbons (Fsp3) is 0.444. The van der Waals surface area contributed by atoms with Gasteiger partial charge >= 0.3 is 0 Å². The molecule has 0 unspecified atom stereocenters. The molecule has 0 aliphatic heterocycles. The van der Waals surface area contributed by atoms with Gasteiger partial charge in [0.05, 0.1) is 6.07 Å². The van der Waals surface area contributed by atoms with Crippen molar-refractivity contribution in [2.45, 2.75) is 25.7 Å². The summed E-state index contributed by atoms with van der Waals surface area (Å²) in [4.78, 5) is 4.07. The Balaban J connectivity index is 2.93. The zero-order valence-electron chi connectivity index (χ0n) is 7.74. The van der Waals surface area contributed by atoms with Crippen molar-refractivity contribution < 1.29 is 4.52 Å². The number of hydrogen-bond acceptors (Lipinski definition) is 4. The number of rotatable bonds is 3. The first-order valence-electron chi connectivity index (χ1n) is 3.95. The van der Waals surface area contributed by atoms with E-state index in [0.29, 0.717) is 18.1 Å². The molecule has 0 N–H and O–H groups in total. The Morgan fingerprint density at radius 3 is 2.92 bits per heavy atom. The van der Waals surface area contributed by atoms with Gasteiger partial charge in [0, 0.05) is 6.42 Å². The van der Waals surface area contributed by atoms with E-state index in [0.717, 1.165) is 0 Å². The van der Waals surface area contributed by atoms with Crippen LogP contribution in [0.15, 0.2) is 17.2 Å². The Labute approximate surface area is 76.9 Å². The summed E-state index contributed by atoms with van der Waals surface area (Å²) in [7, 11) is 0. The van der Waals surface area contributed by atoms with Gasteiger partial charge in [0.2, 0.25) is 5.89 Å². The molecule has 0 amide bonds. The van der Waals surface area contributed by atoms with Gasteiger partial charge in [-0.25, -0.2) is 0 Å². The standard InChI is InChI=1S/C9H11N3O/c1-4-5-7-11-8(13-12-7)9(2,3)6-10/h4H,1,5H2,2-3H3. The maximum Gasteiger partial charge on any atom is 0.246 e. The number of allylic oxidation sites excluding steroid dienone is 1. The summed E-state index contributed by atoms with van der Waals surface area (Å²) in [5, 5.41) is 12.5. The lowest BCUT2D eigenvalue weighted by Crippen LogP contribution is -2.14. The van der Waals surface area contributed by atoms with Gasteiger partial charge in [-0.15, -0.1) is 6.58 Å². The number of hydrogen-bond donors (Lipinski definition) is 0. The summed E-state index contributed by atoms with van der Waals surface area (Å²) in [6, 6.07) is 2.09. The molecule has 4 nitrogen and oxygen atoms in total. The van der Waals surface area contributed by atoms with Crippen molar-refractivity contribution in [2.75, 3.05) is 0 Å². The minimum Gasteiger partial charge on any atom is -0.338 e. The third kappa shape index (κ3) is 1.94. The van der Waals surface area contributed by atoms with Crippen molar-refractivity contribution in [1.29, 1.82) is 5.26 Å². The van der Waals surface area contributed by atoms with Crippen molar-refractivity contribution >= 4 is 0 Å². The van der Waals surface area contributed by atoms with E-state index in [9.17, 15) is 0 Å². The van der Waals surface area contributed by atoms with Gasteiger partial charge in [0.1, 0.15) is 5.41 Å². The molecule has 4 heteroatoms. The molecule has 0 radical (unpaired) electrons. The molecule has 0 aromatic carbocycles. The predicted octanol–water partition coefficient (Wildman–Crippen LogP) is 1.60. The van der Waals surface area contributed by atoms with Gasteiger partial charge in [-0.3, -0.25) is 0 Å². The second kappa shape index (κ2) is 3.40. The predicted molar refractivity (Wildman–Crippen MR) is 46.8 cm³/mol. The van der Waals surface area contributed by atoms with Crippen molar-refractivity contribution in [3.63, 3.8) is 0 Å². The van der Waals surface area contributed by atoms with Crippen LogP contribution >= 0.6 is 0 Å². The normalized spacial score (nSPS) is 10.8. The van der Waals surface area contributed by atoms with E-state index in [1.165, 1.54) is 0 Å². The highest BCUT2D eigenvalue weighted by Crippen LogP contribution is 2.19. The number of aromatic nitrogens is 2. The van der Waals surface area contributed by atoms with E-state index in [2.05, 4.69) is 22.8 Å². The molecule has 1 aromatic rings. The van der Waals surface area contributed by atoms with Crippen LogP contribution in [0.4, 0.5) is 0 Å². The van der Waals surface area contributed by atoms with E-state index < -0.39 is 5.41 Å². The fourth-order valence-corrected chi connectivity index (χ4v) is 0.768. The van der Waals surface area contributed by atoms with Crippen LogP contribution in [0.2, 0.25) is 0 Å². The molecule has 0 aliphatic carbocycles. The maximum absolute atomic E-state index is 8.79. The van der Waals surface area contributed by atoms with Crippen LogP contribution < -0.4 is 0 Å². The molecule has 0 bridgehead atoms. The molecule has 0 saturated carbocycles. The van der Waals surface area contributed by atoms with Crippen LogP contribution in [0, 0.1) is 11.3 Å². The van der Waals surface area contributed by atoms with Gasteiger partial charge < -0.3 is 4.52 Å². The average Bonchev–Trinajstić information content (AvgIpc) is 2.54. The number of nitriles is 1. The summed E-state index contributed by atoms with van der Waals surface area (Å²) < 4.78 is 4.94. The molecule has 0 spiro atoms. The summed E-state index contributed by atoms with van der Waals surface area (Å²) in [5.74, 6) is 0.917. The Hall–Kier alpha value is -1.63. The fourth-order valence-electron chi connectivity index (χ4n) is 0.768. The van der Waals surface area contributed by atoms with Gasteiger partial charge in [-0.05, 0) is 13.8 Å². The molecule has 1 rings (SSSR count). The smallest absolute Gasteiger partial charge is 0.246 e. The molecular weight excluding hydrogens is 166 g/mol. The highest BCUT2D eigenvalue weighted by molar-refractivity contribution is 5.13. The van der Waals surface area contributed by atoms with Gasteiger partial charge in [0.25, 0.3) is 0 Å². The average molecular weight is 177 g/mol. The SMILES string of the molecule is C=CCc1noc(C(C)(C)C#N)n1. The van der Waals surface area contributed by atoms with Crippen LogP contribution in [0.5, 0.6) is 0 Å². The molecule has 0 atom stereocenters. The lowest BCUT2D eigenvalue weighted by Gasteiger charge is -2.06. The molecule has 68 valence electrons. The third-order valence-corrected chi connectivity index (χ3v) is 1.61. The second-order valence-corrected chi connectivity index (χ2v) is 3.25. The van der Waals surface area contributed by atoms with Crippen molar-refractivity contribution in [1.82, 2.24) is 10.1 Å². The third-order valence-electron chi connectivity index (χ3n) is 1.61.